The zero-order valence-corrected chi connectivity index (χ0v) is 16.4. The number of pyridine rings is 1. The molecule has 3 rings (SSSR count). The van der Waals surface area contributed by atoms with Crippen molar-refractivity contribution in [2.75, 3.05) is 38.1 Å². The Kier molecular flexibility index (Phi) is 5.89. The minimum Gasteiger partial charge on any atom is -0.493 e. The summed E-state index contributed by atoms with van der Waals surface area (Å²) in [6.07, 6.45) is 1.54. The minimum atomic E-state index is -0.510. The number of anilines is 2. The number of carbonyl (C=O) groups is 2. The molecule has 0 aliphatic carbocycles. The number of hydrogen-bond acceptors (Lipinski definition) is 6. The molecule has 1 aromatic carbocycles. The Labute approximate surface area is 167 Å². The SMILES string of the molecule is COc1cc(N2C[C@H](C(=O)Nc3ccc(Cl)cn3)CC2=O)cc(OC)c1OC. The van der Waals surface area contributed by atoms with E-state index in [0.29, 0.717) is 33.8 Å². The molecule has 1 atom stereocenters. The highest BCUT2D eigenvalue weighted by Gasteiger charge is 2.36. The second-order valence-corrected chi connectivity index (χ2v) is 6.58. The molecular formula is C19H20ClN3O5. The highest BCUT2D eigenvalue weighted by Crippen LogP contribution is 2.42. The van der Waals surface area contributed by atoms with Crippen molar-refractivity contribution in [2.45, 2.75) is 6.42 Å². The summed E-state index contributed by atoms with van der Waals surface area (Å²) < 4.78 is 16.0. The zero-order valence-electron chi connectivity index (χ0n) is 15.7. The van der Waals surface area contributed by atoms with Crippen LogP contribution in [0.3, 0.4) is 0 Å². The molecule has 1 fully saturated rings. The van der Waals surface area contributed by atoms with Crippen LogP contribution in [0.2, 0.25) is 5.02 Å². The number of nitrogens with zero attached hydrogens (tertiary/aromatic N) is 2. The van der Waals surface area contributed by atoms with Crippen LogP contribution in [0.4, 0.5) is 11.5 Å². The predicted octanol–water partition coefficient (Wildman–Crippen LogP) is 2.75. The number of methoxy groups -OCH3 is 3. The summed E-state index contributed by atoms with van der Waals surface area (Å²) in [6, 6.07) is 6.60. The lowest BCUT2D eigenvalue weighted by molar-refractivity contribution is -0.122. The van der Waals surface area contributed by atoms with Crippen LogP contribution in [0.15, 0.2) is 30.5 Å². The van der Waals surface area contributed by atoms with Crippen molar-refractivity contribution < 1.29 is 23.8 Å². The van der Waals surface area contributed by atoms with Gasteiger partial charge in [0.2, 0.25) is 17.6 Å². The van der Waals surface area contributed by atoms with E-state index >= 15 is 0 Å². The second-order valence-electron chi connectivity index (χ2n) is 6.14. The molecule has 0 saturated carbocycles. The van der Waals surface area contributed by atoms with Crippen molar-refractivity contribution in [1.82, 2.24) is 4.98 Å². The van der Waals surface area contributed by atoms with Crippen LogP contribution in [0.1, 0.15) is 6.42 Å². The third-order valence-corrected chi connectivity index (χ3v) is 4.66. The fourth-order valence-corrected chi connectivity index (χ4v) is 3.15. The molecule has 148 valence electrons. The fourth-order valence-electron chi connectivity index (χ4n) is 3.03. The van der Waals surface area contributed by atoms with Gasteiger partial charge in [-0.3, -0.25) is 9.59 Å². The van der Waals surface area contributed by atoms with E-state index in [9.17, 15) is 9.59 Å². The van der Waals surface area contributed by atoms with Crippen LogP contribution in [-0.4, -0.2) is 44.7 Å². The average Bonchev–Trinajstić information content (AvgIpc) is 3.10. The molecule has 0 radical (unpaired) electrons. The van der Waals surface area contributed by atoms with Crippen LogP contribution >= 0.6 is 11.6 Å². The quantitative estimate of drug-likeness (QED) is 0.794. The number of aromatic nitrogens is 1. The molecule has 8 nitrogen and oxygen atoms in total. The number of hydrogen-bond donors (Lipinski definition) is 1. The van der Waals surface area contributed by atoms with Crippen molar-refractivity contribution in [3.8, 4) is 17.2 Å². The van der Waals surface area contributed by atoms with Crippen molar-refractivity contribution in [3.05, 3.63) is 35.5 Å². The minimum absolute atomic E-state index is 0.0933. The first-order chi connectivity index (χ1) is 13.5. The summed E-state index contributed by atoms with van der Waals surface area (Å²) in [7, 11) is 4.51. The molecule has 28 heavy (non-hydrogen) atoms. The van der Waals surface area contributed by atoms with Gasteiger partial charge in [-0.25, -0.2) is 4.98 Å². The van der Waals surface area contributed by atoms with E-state index in [1.54, 1.807) is 24.3 Å². The Morgan fingerprint density at radius 3 is 2.39 bits per heavy atom. The summed E-state index contributed by atoms with van der Waals surface area (Å²) in [5, 5.41) is 3.18. The van der Waals surface area contributed by atoms with Gasteiger partial charge in [0.15, 0.2) is 11.5 Å². The smallest absolute Gasteiger partial charge is 0.230 e. The van der Waals surface area contributed by atoms with Gasteiger partial charge in [0.25, 0.3) is 0 Å². The highest BCUT2D eigenvalue weighted by atomic mass is 35.5. The van der Waals surface area contributed by atoms with Crippen molar-refractivity contribution in [3.63, 3.8) is 0 Å². The van der Waals surface area contributed by atoms with E-state index < -0.39 is 5.92 Å². The Balaban J connectivity index is 1.79. The predicted molar refractivity (Wildman–Crippen MR) is 104 cm³/mol. The van der Waals surface area contributed by atoms with E-state index in [1.807, 2.05) is 0 Å². The lowest BCUT2D eigenvalue weighted by Gasteiger charge is -2.20. The van der Waals surface area contributed by atoms with Crippen LogP contribution in [0, 0.1) is 5.92 Å². The molecule has 9 heteroatoms. The number of rotatable bonds is 6. The molecule has 0 spiro atoms. The number of amides is 2. The molecule has 2 heterocycles. The average molecular weight is 406 g/mol. The Bertz CT molecular complexity index is 863. The molecule has 0 bridgehead atoms. The maximum absolute atomic E-state index is 12.5. The number of halogens is 1. The standard InChI is InChI=1S/C19H20ClN3O5/c1-26-14-7-13(8-15(27-2)18(14)28-3)23-10-11(6-17(23)24)19(25)22-16-5-4-12(20)9-21-16/h4-5,7-9,11H,6,10H2,1-3H3,(H,21,22,25)/t11-/m1/s1. The monoisotopic (exact) mass is 405 g/mol. The van der Waals surface area contributed by atoms with Gasteiger partial charge in [-0.15, -0.1) is 0 Å². The van der Waals surface area contributed by atoms with Crippen LogP contribution in [0.25, 0.3) is 0 Å². The van der Waals surface area contributed by atoms with Crippen LogP contribution in [0.5, 0.6) is 17.2 Å². The maximum Gasteiger partial charge on any atom is 0.230 e. The lowest BCUT2D eigenvalue weighted by Crippen LogP contribution is -2.28. The summed E-state index contributed by atoms with van der Waals surface area (Å²) in [4.78, 5) is 30.6. The van der Waals surface area contributed by atoms with Crippen molar-refractivity contribution >= 4 is 34.9 Å². The molecule has 1 aliphatic heterocycles. The molecule has 0 unspecified atom stereocenters. The summed E-state index contributed by atoms with van der Waals surface area (Å²) >= 11 is 5.80. The van der Waals surface area contributed by atoms with Crippen LogP contribution in [-0.2, 0) is 9.59 Å². The third kappa shape index (κ3) is 3.96. The normalized spacial score (nSPS) is 16.1. The number of ether oxygens (including phenoxy) is 3. The first kappa shape index (κ1) is 19.8. The van der Waals surface area contributed by atoms with Crippen molar-refractivity contribution in [2.24, 2.45) is 5.92 Å². The molecular weight excluding hydrogens is 386 g/mol. The topological polar surface area (TPSA) is 90.0 Å². The molecule has 2 amide bonds. The fraction of sp³-hybridized carbons (Fsp3) is 0.316. The van der Waals surface area contributed by atoms with Gasteiger partial charge in [-0.2, -0.15) is 0 Å². The van der Waals surface area contributed by atoms with E-state index in [1.165, 1.54) is 32.4 Å². The second kappa shape index (κ2) is 8.35. The third-order valence-electron chi connectivity index (χ3n) is 4.44. The summed E-state index contributed by atoms with van der Waals surface area (Å²) in [6.45, 7) is 0.233. The number of nitrogens with one attached hydrogen (secondary N) is 1. The largest absolute Gasteiger partial charge is 0.493 e. The van der Waals surface area contributed by atoms with E-state index in [2.05, 4.69) is 10.3 Å². The maximum atomic E-state index is 12.5. The zero-order chi connectivity index (χ0) is 20.3. The van der Waals surface area contributed by atoms with E-state index in [0.717, 1.165) is 0 Å². The first-order valence-corrected chi connectivity index (χ1v) is 8.87. The van der Waals surface area contributed by atoms with Gasteiger partial charge in [0.05, 0.1) is 38.0 Å². The Morgan fingerprint density at radius 2 is 1.86 bits per heavy atom. The molecule has 2 aromatic rings. The molecule has 1 N–H and O–H groups in total. The highest BCUT2D eigenvalue weighted by molar-refractivity contribution is 6.30. The van der Waals surface area contributed by atoms with E-state index in [-0.39, 0.29) is 24.8 Å². The number of carbonyl (C=O) groups excluding carboxylic acids is 2. The Hall–Kier alpha value is -3.00. The van der Waals surface area contributed by atoms with Gasteiger partial charge in [0.1, 0.15) is 5.82 Å². The van der Waals surface area contributed by atoms with Gasteiger partial charge in [-0.1, -0.05) is 11.6 Å². The van der Waals surface area contributed by atoms with Gasteiger partial charge < -0.3 is 24.4 Å². The van der Waals surface area contributed by atoms with Crippen molar-refractivity contribution in [1.29, 1.82) is 0 Å². The van der Waals surface area contributed by atoms with Gasteiger partial charge in [-0.05, 0) is 12.1 Å². The summed E-state index contributed by atoms with van der Waals surface area (Å²) in [5.41, 5.74) is 0.569. The van der Waals surface area contributed by atoms with Gasteiger partial charge in [0, 0.05) is 31.3 Å². The summed E-state index contributed by atoms with van der Waals surface area (Å²) in [5.74, 6) is 0.725. The lowest BCUT2D eigenvalue weighted by atomic mass is 10.1. The molecule has 1 aliphatic rings. The molecule has 1 aromatic heterocycles. The van der Waals surface area contributed by atoms with E-state index in [4.69, 9.17) is 25.8 Å². The number of benzene rings is 1. The first-order valence-electron chi connectivity index (χ1n) is 8.49. The Morgan fingerprint density at radius 1 is 1.18 bits per heavy atom. The van der Waals surface area contributed by atoms with Gasteiger partial charge >= 0.3 is 0 Å². The van der Waals surface area contributed by atoms with Crippen LogP contribution < -0.4 is 24.4 Å². The molecule has 1 saturated heterocycles.